The fraction of sp³-hybridized carbons (Fsp3) is 0.286. The molecule has 0 nitrogen and oxygen atoms in total. The van der Waals surface area contributed by atoms with Crippen molar-refractivity contribution in [2.75, 3.05) is 0 Å². The second-order valence-electron chi connectivity index (χ2n) is 13.6. The van der Waals surface area contributed by atoms with Gasteiger partial charge in [-0.1, -0.05) is 193 Å². The van der Waals surface area contributed by atoms with E-state index in [-0.39, 0.29) is 27.6 Å². The van der Waals surface area contributed by atoms with Crippen LogP contribution in [-0.4, -0.2) is 0 Å². The van der Waals surface area contributed by atoms with E-state index in [9.17, 15) is 0 Å². The number of benzene rings is 5. The second kappa shape index (κ2) is 11.8. The third kappa shape index (κ3) is 5.13. The van der Waals surface area contributed by atoms with Crippen LogP contribution in [0.15, 0.2) is 152 Å². The third-order valence-electron chi connectivity index (χ3n) is 10.2. The number of hydrogen-bond acceptors (Lipinski definition) is 0. The average molecular weight is 551 g/mol. The number of hydrogen-bond donors (Lipinski definition) is 0. The van der Waals surface area contributed by atoms with Crippen molar-refractivity contribution >= 4 is 0 Å². The Balaban J connectivity index is 1.92. The zero-order chi connectivity index (χ0) is 29.8. The fourth-order valence-corrected chi connectivity index (χ4v) is 8.17. The molecule has 0 saturated carbocycles. The lowest BCUT2D eigenvalue weighted by Crippen LogP contribution is -2.61. The molecule has 1 atom stereocenters. The van der Waals surface area contributed by atoms with E-state index in [4.69, 9.17) is 0 Å². The van der Waals surface area contributed by atoms with Crippen molar-refractivity contribution < 1.29 is 0 Å². The summed E-state index contributed by atoms with van der Waals surface area (Å²) in [6.45, 7) is 14.8. The summed E-state index contributed by atoms with van der Waals surface area (Å²) in [4.78, 5) is 0. The first-order valence-electron chi connectivity index (χ1n) is 15.4. The van der Waals surface area contributed by atoms with Crippen LogP contribution in [-0.2, 0) is 21.7 Å². The van der Waals surface area contributed by atoms with Crippen LogP contribution < -0.4 is 0 Å². The Morgan fingerprint density at radius 2 is 0.690 bits per heavy atom. The Bertz CT molecular complexity index is 1480. The van der Waals surface area contributed by atoms with Gasteiger partial charge in [0.1, 0.15) is 0 Å². The van der Waals surface area contributed by atoms with E-state index in [1.54, 1.807) is 0 Å². The van der Waals surface area contributed by atoms with Crippen LogP contribution in [0, 0.1) is 0 Å². The summed E-state index contributed by atoms with van der Waals surface area (Å²) in [5.41, 5.74) is 5.92. The van der Waals surface area contributed by atoms with Gasteiger partial charge in [0.15, 0.2) is 0 Å². The van der Waals surface area contributed by atoms with Crippen LogP contribution in [0.2, 0.25) is 0 Å². The van der Waals surface area contributed by atoms with Crippen molar-refractivity contribution in [1.82, 2.24) is 0 Å². The molecule has 0 heterocycles. The summed E-state index contributed by atoms with van der Waals surface area (Å²) in [5, 5.41) is 0. The molecule has 0 fully saturated rings. The summed E-state index contributed by atoms with van der Waals surface area (Å²) in [5.74, 6) is 0.182. The molecular weight excluding hydrogens is 504 g/mol. The molecule has 0 aliphatic rings. The van der Waals surface area contributed by atoms with Gasteiger partial charge < -0.3 is 0 Å². The second-order valence-corrected chi connectivity index (χ2v) is 13.6. The average Bonchev–Trinajstić information content (AvgIpc) is 3.03. The lowest BCUT2D eigenvalue weighted by Gasteiger charge is -2.62. The molecule has 0 N–H and O–H groups in total. The van der Waals surface area contributed by atoms with Crippen LogP contribution in [0.4, 0.5) is 0 Å². The quantitative estimate of drug-likeness (QED) is 0.162. The van der Waals surface area contributed by atoms with Crippen molar-refractivity contribution in [2.45, 2.75) is 75.5 Å². The van der Waals surface area contributed by atoms with Gasteiger partial charge in [-0.15, -0.1) is 0 Å². The highest BCUT2D eigenvalue weighted by molar-refractivity contribution is 5.50. The lowest BCUT2D eigenvalue weighted by molar-refractivity contribution is 0.0896. The zero-order valence-electron chi connectivity index (χ0n) is 26.2. The Hall–Kier alpha value is -3.90. The Morgan fingerprint density at radius 3 is 1.07 bits per heavy atom. The normalized spacial score (nSPS) is 13.5. The van der Waals surface area contributed by atoms with Crippen molar-refractivity contribution in [3.8, 4) is 0 Å². The Morgan fingerprint density at radius 1 is 0.381 bits per heavy atom. The summed E-state index contributed by atoms with van der Waals surface area (Å²) < 4.78 is 0. The first-order valence-corrected chi connectivity index (χ1v) is 15.4. The van der Waals surface area contributed by atoms with Crippen molar-refractivity contribution in [2.24, 2.45) is 0 Å². The van der Waals surface area contributed by atoms with E-state index in [1.807, 2.05) is 0 Å². The molecule has 0 heteroatoms. The minimum Gasteiger partial charge on any atom is -0.0622 e. The first-order chi connectivity index (χ1) is 20.1. The van der Waals surface area contributed by atoms with E-state index >= 15 is 0 Å². The predicted octanol–water partition coefficient (Wildman–Crippen LogP) is 11.0. The third-order valence-corrected chi connectivity index (χ3v) is 10.2. The Kier molecular flexibility index (Phi) is 8.29. The zero-order valence-corrected chi connectivity index (χ0v) is 26.2. The van der Waals surface area contributed by atoms with Crippen molar-refractivity contribution in [3.63, 3.8) is 0 Å². The van der Waals surface area contributed by atoms with E-state index in [2.05, 4.69) is 193 Å². The van der Waals surface area contributed by atoms with E-state index < -0.39 is 0 Å². The van der Waals surface area contributed by atoms with Gasteiger partial charge in [0.25, 0.3) is 0 Å². The summed E-state index contributed by atoms with van der Waals surface area (Å²) in [6, 6.07) is 56.3. The molecule has 0 amide bonds. The standard InChI is InChI=1S/C42H46/c1-39(2,34-24-14-8-15-25-34)32-38(33-22-12-7-13-23-33)42(37-30-20-11-21-31-37,40(3,4)35-26-16-9-17-27-35)41(5,6)36-28-18-10-19-29-36/h7-31,38H,32H2,1-6H3. The van der Waals surface area contributed by atoms with Crippen LogP contribution >= 0.6 is 0 Å². The van der Waals surface area contributed by atoms with E-state index in [1.165, 1.54) is 27.8 Å². The van der Waals surface area contributed by atoms with Gasteiger partial charge >= 0.3 is 0 Å². The molecule has 1 unspecified atom stereocenters. The lowest BCUT2D eigenvalue weighted by atomic mass is 9.40. The molecule has 5 aromatic rings. The smallest absolute Gasteiger partial charge is 0.0205 e. The van der Waals surface area contributed by atoms with Crippen molar-refractivity contribution in [3.05, 3.63) is 179 Å². The highest BCUT2D eigenvalue weighted by Gasteiger charge is 2.61. The van der Waals surface area contributed by atoms with Gasteiger partial charge in [0.2, 0.25) is 0 Å². The van der Waals surface area contributed by atoms with Crippen LogP contribution in [0.25, 0.3) is 0 Å². The maximum absolute atomic E-state index is 2.49. The molecule has 5 rings (SSSR count). The molecule has 42 heavy (non-hydrogen) atoms. The van der Waals surface area contributed by atoms with Crippen LogP contribution in [0.3, 0.4) is 0 Å². The molecule has 214 valence electrons. The number of rotatable bonds is 10. The SMILES string of the molecule is CC(C)(CC(c1ccccc1)C(c1ccccc1)(C(C)(C)c1ccccc1)C(C)(C)c1ccccc1)c1ccccc1. The van der Waals surface area contributed by atoms with Crippen molar-refractivity contribution in [1.29, 1.82) is 0 Å². The monoisotopic (exact) mass is 550 g/mol. The van der Waals surface area contributed by atoms with Gasteiger partial charge in [-0.05, 0) is 45.6 Å². The summed E-state index contributed by atoms with van der Waals surface area (Å²) in [6.07, 6.45) is 0.989. The van der Waals surface area contributed by atoms with Gasteiger partial charge in [0, 0.05) is 16.2 Å². The van der Waals surface area contributed by atoms with Crippen LogP contribution in [0.1, 0.15) is 81.7 Å². The molecule has 0 radical (unpaired) electrons. The maximum atomic E-state index is 2.49. The molecule has 0 aliphatic carbocycles. The summed E-state index contributed by atoms with van der Waals surface area (Å²) in [7, 11) is 0. The molecular formula is C42H46. The molecule has 0 aliphatic heterocycles. The molecule has 0 aromatic heterocycles. The Labute approximate surface area is 254 Å². The highest BCUT2D eigenvalue weighted by Crippen LogP contribution is 2.64. The largest absolute Gasteiger partial charge is 0.0622 e. The van der Waals surface area contributed by atoms with Gasteiger partial charge in [-0.3, -0.25) is 0 Å². The van der Waals surface area contributed by atoms with Gasteiger partial charge in [-0.25, -0.2) is 0 Å². The minimum absolute atomic E-state index is 0.0681. The summed E-state index contributed by atoms with van der Waals surface area (Å²) >= 11 is 0. The van der Waals surface area contributed by atoms with Gasteiger partial charge in [-0.2, -0.15) is 0 Å². The predicted molar refractivity (Wildman–Crippen MR) is 180 cm³/mol. The topological polar surface area (TPSA) is 0 Å². The van der Waals surface area contributed by atoms with E-state index in [0.717, 1.165) is 6.42 Å². The molecule has 0 spiro atoms. The van der Waals surface area contributed by atoms with E-state index in [0.29, 0.717) is 0 Å². The highest BCUT2D eigenvalue weighted by atomic mass is 14.6. The molecule has 0 bridgehead atoms. The molecule has 5 aromatic carbocycles. The molecule has 0 saturated heterocycles. The fourth-order valence-electron chi connectivity index (χ4n) is 8.17. The van der Waals surface area contributed by atoms with Crippen LogP contribution in [0.5, 0.6) is 0 Å². The van der Waals surface area contributed by atoms with Gasteiger partial charge in [0.05, 0.1) is 0 Å². The minimum atomic E-state index is -0.350. The maximum Gasteiger partial charge on any atom is 0.0205 e. The first kappa shape index (κ1) is 29.6.